The smallest absolute Gasteiger partial charge is 0.270 e. The van der Waals surface area contributed by atoms with Crippen LogP contribution in [0.3, 0.4) is 0 Å². The lowest BCUT2D eigenvalue weighted by molar-refractivity contribution is -0.120. The number of carbonyl (C=O) groups is 2. The highest BCUT2D eigenvalue weighted by Crippen LogP contribution is 2.32. The van der Waals surface area contributed by atoms with Crippen LogP contribution in [0.1, 0.15) is 35.0 Å². The van der Waals surface area contributed by atoms with Crippen molar-refractivity contribution < 1.29 is 14.3 Å². The topological polar surface area (TPSA) is 54.8 Å². The van der Waals surface area contributed by atoms with Crippen LogP contribution < -0.4 is 14.5 Å². The average Bonchev–Trinajstić information content (AvgIpc) is 3.22. The largest absolute Gasteiger partial charge is 0.494 e. The molecule has 6 nitrogen and oxygen atoms in total. The lowest BCUT2D eigenvalue weighted by Crippen LogP contribution is -2.57. The molecule has 1 fully saturated rings. The lowest BCUT2D eigenvalue weighted by Gasteiger charge is -2.36. The predicted molar refractivity (Wildman–Crippen MR) is 164 cm³/mol. The molecule has 0 atom stereocenters. The van der Waals surface area contributed by atoms with E-state index in [9.17, 15) is 9.59 Å². The van der Waals surface area contributed by atoms with Crippen LogP contribution >= 0.6 is 12.2 Å². The number of anilines is 2. The molecular weight excluding hydrogens is 518 g/mol. The lowest BCUT2D eigenvalue weighted by atomic mass is 10.0. The number of aromatic nitrogens is 1. The van der Waals surface area contributed by atoms with Crippen LogP contribution in [0.2, 0.25) is 0 Å². The fraction of sp³-hybridized carbons (Fsp3) is 0.182. The third-order valence-electron chi connectivity index (χ3n) is 7.19. The van der Waals surface area contributed by atoms with Gasteiger partial charge in [0.25, 0.3) is 11.8 Å². The summed E-state index contributed by atoms with van der Waals surface area (Å²) in [4.78, 5) is 30.8. The van der Waals surface area contributed by atoms with Crippen LogP contribution in [0.15, 0.2) is 84.4 Å². The highest BCUT2D eigenvalue weighted by Gasteiger charge is 2.41. The van der Waals surface area contributed by atoms with E-state index in [-0.39, 0.29) is 10.7 Å². The fourth-order valence-corrected chi connectivity index (χ4v) is 5.35. The second-order valence-corrected chi connectivity index (χ2v) is 10.2. The van der Waals surface area contributed by atoms with Crippen molar-refractivity contribution in [1.82, 2.24) is 4.57 Å². The Balaban J connectivity index is 1.62. The summed E-state index contributed by atoms with van der Waals surface area (Å²) < 4.78 is 7.69. The van der Waals surface area contributed by atoms with E-state index in [1.165, 1.54) is 9.80 Å². The molecule has 7 heteroatoms. The Hall–Kier alpha value is -4.49. The standard InChI is InChI=1S/C33H31N3O3S/c1-6-39-29-16-14-27(15-17-29)34-23(4)19-25(24(34)5)20-30-31(37)35(26-10-8-7-9-11-26)33(40)36(32(30)38)28-13-12-21(2)22(3)18-28/h7-20H,6H2,1-5H3/b30-20-. The number of amides is 2. The Morgan fingerprint density at radius 2 is 1.38 bits per heavy atom. The second-order valence-electron chi connectivity index (χ2n) is 9.81. The number of benzene rings is 3. The first-order chi connectivity index (χ1) is 19.2. The zero-order chi connectivity index (χ0) is 28.6. The molecule has 0 saturated carbocycles. The molecule has 202 valence electrons. The van der Waals surface area contributed by atoms with Gasteiger partial charge in [-0.3, -0.25) is 19.4 Å². The van der Waals surface area contributed by atoms with Crippen LogP contribution in [0.4, 0.5) is 11.4 Å². The molecule has 1 saturated heterocycles. The summed E-state index contributed by atoms with van der Waals surface area (Å²) in [6.45, 7) is 10.5. The molecule has 5 rings (SSSR count). The number of rotatable bonds is 6. The van der Waals surface area contributed by atoms with Gasteiger partial charge >= 0.3 is 0 Å². The van der Waals surface area contributed by atoms with Crippen LogP contribution in [0.25, 0.3) is 11.8 Å². The first-order valence-electron chi connectivity index (χ1n) is 13.2. The van der Waals surface area contributed by atoms with Crippen molar-refractivity contribution in [3.8, 4) is 11.4 Å². The van der Waals surface area contributed by atoms with E-state index in [1.54, 1.807) is 6.08 Å². The van der Waals surface area contributed by atoms with Crippen LogP contribution in [0.5, 0.6) is 5.75 Å². The van der Waals surface area contributed by atoms with E-state index >= 15 is 0 Å². The van der Waals surface area contributed by atoms with Crippen molar-refractivity contribution in [3.05, 3.63) is 113 Å². The van der Waals surface area contributed by atoms with Crippen LogP contribution in [0, 0.1) is 27.7 Å². The Labute approximate surface area is 240 Å². The van der Waals surface area contributed by atoms with Gasteiger partial charge in [0.05, 0.1) is 18.0 Å². The van der Waals surface area contributed by atoms with Crippen molar-refractivity contribution in [1.29, 1.82) is 0 Å². The van der Waals surface area contributed by atoms with Crippen molar-refractivity contribution in [2.75, 3.05) is 16.4 Å². The van der Waals surface area contributed by atoms with Crippen LogP contribution in [-0.2, 0) is 9.59 Å². The van der Waals surface area contributed by atoms with E-state index < -0.39 is 11.8 Å². The summed E-state index contributed by atoms with van der Waals surface area (Å²) in [5, 5.41) is 0.126. The molecular formula is C33H31N3O3S. The summed E-state index contributed by atoms with van der Waals surface area (Å²) in [7, 11) is 0. The second kappa shape index (κ2) is 10.9. The zero-order valence-corrected chi connectivity index (χ0v) is 24.1. The first kappa shape index (κ1) is 27.1. The third kappa shape index (κ3) is 4.84. The minimum Gasteiger partial charge on any atom is -0.494 e. The molecule has 0 radical (unpaired) electrons. The molecule has 40 heavy (non-hydrogen) atoms. The summed E-state index contributed by atoms with van der Waals surface area (Å²) in [5.41, 5.74) is 7.03. The fourth-order valence-electron chi connectivity index (χ4n) is 4.97. The average molecular weight is 550 g/mol. The third-order valence-corrected chi connectivity index (χ3v) is 7.55. The zero-order valence-electron chi connectivity index (χ0n) is 23.3. The molecule has 0 unspecified atom stereocenters. The normalized spacial score (nSPS) is 14.8. The van der Waals surface area contributed by atoms with Crippen molar-refractivity contribution >= 4 is 46.6 Å². The van der Waals surface area contributed by atoms with Gasteiger partial charge in [0.1, 0.15) is 11.3 Å². The summed E-state index contributed by atoms with van der Waals surface area (Å²) in [6.07, 6.45) is 1.68. The van der Waals surface area contributed by atoms with Crippen molar-refractivity contribution in [2.24, 2.45) is 0 Å². The van der Waals surface area contributed by atoms with Gasteiger partial charge < -0.3 is 9.30 Å². The van der Waals surface area contributed by atoms with Crippen molar-refractivity contribution in [2.45, 2.75) is 34.6 Å². The molecule has 0 bridgehead atoms. The molecule has 1 aliphatic heterocycles. The van der Waals surface area contributed by atoms with E-state index in [1.807, 2.05) is 113 Å². The Morgan fingerprint density at radius 1 is 0.750 bits per heavy atom. The minimum absolute atomic E-state index is 0.0441. The Morgan fingerprint density at radius 3 is 2.00 bits per heavy atom. The minimum atomic E-state index is -0.452. The maximum atomic E-state index is 14.0. The number of thiocarbonyl (C=S) groups is 1. The van der Waals surface area contributed by atoms with Gasteiger partial charge in [0.2, 0.25) is 0 Å². The van der Waals surface area contributed by atoms with Gasteiger partial charge in [-0.15, -0.1) is 0 Å². The molecule has 0 aliphatic carbocycles. The van der Waals surface area contributed by atoms with Gasteiger partial charge in [-0.1, -0.05) is 24.3 Å². The number of nitrogens with zero attached hydrogens (tertiary/aromatic N) is 3. The van der Waals surface area contributed by atoms with Gasteiger partial charge in [-0.25, -0.2) is 0 Å². The van der Waals surface area contributed by atoms with E-state index in [0.29, 0.717) is 18.0 Å². The molecule has 4 aromatic rings. The Kier molecular flexibility index (Phi) is 7.41. The number of hydrogen-bond acceptors (Lipinski definition) is 4. The van der Waals surface area contributed by atoms with Crippen molar-refractivity contribution in [3.63, 3.8) is 0 Å². The number of hydrogen-bond donors (Lipinski definition) is 0. The first-order valence-corrected chi connectivity index (χ1v) is 13.6. The molecule has 0 spiro atoms. The van der Waals surface area contributed by atoms with Gasteiger partial charge in [-0.2, -0.15) is 0 Å². The quantitative estimate of drug-likeness (QED) is 0.150. The SMILES string of the molecule is CCOc1ccc(-n2c(C)cc(/C=C3/C(=O)N(c4ccccc4)C(=S)N(c4ccc(C)c(C)c4)C3=O)c2C)cc1. The van der Waals surface area contributed by atoms with E-state index in [0.717, 1.165) is 39.5 Å². The van der Waals surface area contributed by atoms with Gasteiger partial charge in [0.15, 0.2) is 5.11 Å². The molecule has 3 aromatic carbocycles. The summed E-state index contributed by atoms with van der Waals surface area (Å²) >= 11 is 5.77. The molecule has 2 amide bonds. The number of ether oxygens (including phenoxy) is 1. The van der Waals surface area contributed by atoms with Crippen LogP contribution in [-0.4, -0.2) is 28.1 Å². The highest BCUT2D eigenvalue weighted by atomic mass is 32.1. The van der Waals surface area contributed by atoms with Gasteiger partial charge in [0, 0.05) is 17.1 Å². The molecule has 2 heterocycles. The predicted octanol–water partition coefficient (Wildman–Crippen LogP) is 6.86. The maximum absolute atomic E-state index is 14.0. The molecule has 1 aliphatic rings. The highest BCUT2D eigenvalue weighted by molar-refractivity contribution is 7.81. The summed E-state index contributed by atoms with van der Waals surface area (Å²) in [5.74, 6) is -0.0960. The number of para-hydroxylation sites is 1. The Bertz CT molecular complexity index is 1650. The maximum Gasteiger partial charge on any atom is 0.270 e. The van der Waals surface area contributed by atoms with E-state index in [4.69, 9.17) is 17.0 Å². The number of carbonyl (C=O) groups excluding carboxylic acids is 2. The number of aryl methyl sites for hydroxylation is 3. The summed E-state index contributed by atoms with van der Waals surface area (Å²) in [6, 6.07) is 24.8. The van der Waals surface area contributed by atoms with E-state index in [2.05, 4.69) is 4.57 Å². The molecule has 0 N–H and O–H groups in total. The van der Waals surface area contributed by atoms with Gasteiger partial charge in [-0.05, 0) is 124 Å². The molecule has 1 aromatic heterocycles. The monoisotopic (exact) mass is 549 g/mol.